The number of hydrogen-bond donors (Lipinski definition) is 1. The standard InChI is InChI=1S/C15H22ClNO2/c1-4-13(17)8-12-6-7-14(19-10-11(3)16)15(9-12)18-5-2/h6-7,9,13H,3-5,8,10,17H2,1-2H3. The van der Waals surface area contributed by atoms with Crippen molar-refractivity contribution in [1.29, 1.82) is 0 Å². The topological polar surface area (TPSA) is 44.5 Å². The van der Waals surface area contributed by atoms with Gasteiger partial charge < -0.3 is 15.2 Å². The molecule has 0 aliphatic rings. The first kappa shape index (κ1) is 15.9. The lowest BCUT2D eigenvalue weighted by atomic mass is 10.0. The number of hydrogen-bond acceptors (Lipinski definition) is 3. The van der Waals surface area contributed by atoms with E-state index in [2.05, 4.69) is 13.5 Å². The Hall–Kier alpha value is -1.19. The Balaban J connectivity index is 2.83. The van der Waals surface area contributed by atoms with E-state index in [4.69, 9.17) is 26.8 Å². The van der Waals surface area contributed by atoms with E-state index < -0.39 is 0 Å². The zero-order valence-corrected chi connectivity index (χ0v) is 12.4. The Bertz CT molecular complexity index is 421. The molecule has 3 nitrogen and oxygen atoms in total. The van der Waals surface area contributed by atoms with Gasteiger partial charge in [-0.25, -0.2) is 0 Å². The average molecular weight is 284 g/mol. The lowest BCUT2D eigenvalue weighted by molar-refractivity contribution is 0.295. The molecule has 0 amide bonds. The van der Waals surface area contributed by atoms with Crippen LogP contribution in [0, 0.1) is 0 Å². The fraction of sp³-hybridized carbons (Fsp3) is 0.467. The summed E-state index contributed by atoms with van der Waals surface area (Å²) in [6.45, 7) is 8.48. The molecule has 0 spiro atoms. The van der Waals surface area contributed by atoms with Crippen molar-refractivity contribution in [1.82, 2.24) is 0 Å². The Kier molecular flexibility index (Phi) is 6.74. The molecule has 19 heavy (non-hydrogen) atoms. The van der Waals surface area contributed by atoms with Gasteiger partial charge in [0.25, 0.3) is 0 Å². The first-order chi connectivity index (χ1) is 9.06. The van der Waals surface area contributed by atoms with Crippen LogP contribution in [0.5, 0.6) is 11.5 Å². The molecule has 1 aromatic carbocycles. The van der Waals surface area contributed by atoms with Crippen LogP contribution >= 0.6 is 11.6 Å². The minimum Gasteiger partial charge on any atom is -0.490 e. The summed E-state index contributed by atoms with van der Waals surface area (Å²) in [6, 6.07) is 6.04. The van der Waals surface area contributed by atoms with Crippen molar-refractivity contribution in [2.75, 3.05) is 13.2 Å². The van der Waals surface area contributed by atoms with Crippen LogP contribution in [0.25, 0.3) is 0 Å². The summed E-state index contributed by atoms with van der Waals surface area (Å²) < 4.78 is 11.1. The first-order valence-corrected chi connectivity index (χ1v) is 6.92. The summed E-state index contributed by atoms with van der Waals surface area (Å²) in [5, 5.41) is 0.458. The fourth-order valence-corrected chi connectivity index (χ4v) is 1.72. The van der Waals surface area contributed by atoms with Gasteiger partial charge in [0, 0.05) is 11.1 Å². The highest BCUT2D eigenvalue weighted by molar-refractivity contribution is 6.29. The molecule has 0 aliphatic heterocycles. The average Bonchev–Trinajstić information content (AvgIpc) is 2.38. The number of benzene rings is 1. The summed E-state index contributed by atoms with van der Waals surface area (Å²) in [4.78, 5) is 0. The van der Waals surface area contributed by atoms with E-state index in [0.29, 0.717) is 17.4 Å². The molecule has 0 aromatic heterocycles. The van der Waals surface area contributed by atoms with Gasteiger partial charge in [0.15, 0.2) is 11.5 Å². The van der Waals surface area contributed by atoms with Gasteiger partial charge in [-0.1, -0.05) is 31.2 Å². The number of ether oxygens (including phenoxy) is 2. The summed E-state index contributed by atoms with van der Waals surface area (Å²) in [7, 11) is 0. The van der Waals surface area contributed by atoms with Crippen molar-refractivity contribution in [2.45, 2.75) is 32.7 Å². The molecule has 0 saturated heterocycles. The van der Waals surface area contributed by atoms with E-state index in [1.165, 1.54) is 0 Å². The fourth-order valence-electron chi connectivity index (χ4n) is 1.67. The SMILES string of the molecule is C=C(Cl)COc1ccc(CC(N)CC)cc1OCC. The summed E-state index contributed by atoms with van der Waals surface area (Å²) >= 11 is 5.70. The van der Waals surface area contributed by atoms with Gasteiger partial charge in [-0.2, -0.15) is 0 Å². The second-order valence-corrected chi connectivity index (χ2v) is 4.93. The Morgan fingerprint density at radius 2 is 2.05 bits per heavy atom. The van der Waals surface area contributed by atoms with Crippen LogP contribution in [0.1, 0.15) is 25.8 Å². The lowest BCUT2D eigenvalue weighted by Gasteiger charge is -2.14. The summed E-state index contributed by atoms with van der Waals surface area (Å²) in [5.74, 6) is 1.40. The first-order valence-electron chi connectivity index (χ1n) is 6.54. The molecular weight excluding hydrogens is 262 g/mol. The minimum atomic E-state index is 0.170. The van der Waals surface area contributed by atoms with Crippen molar-refractivity contribution in [3.63, 3.8) is 0 Å². The third-order valence-electron chi connectivity index (χ3n) is 2.71. The zero-order valence-electron chi connectivity index (χ0n) is 11.6. The van der Waals surface area contributed by atoms with Crippen LogP contribution in [0.2, 0.25) is 0 Å². The predicted molar refractivity (Wildman–Crippen MR) is 80.1 cm³/mol. The van der Waals surface area contributed by atoms with Crippen LogP contribution in [0.4, 0.5) is 0 Å². The highest BCUT2D eigenvalue weighted by Crippen LogP contribution is 2.29. The van der Waals surface area contributed by atoms with Gasteiger partial charge in [0.1, 0.15) is 6.61 Å². The number of halogens is 1. The number of rotatable bonds is 8. The maximum Gasteiger partial charge on any atom is 0.161 e. The third kappa shape index (κ3) is 5.53. The van der Waals surface area contributed by atoms with Gasteiger partial charge in [-0.15, -0.1) is 0 Å². The quantitative estimate of drug-likeness (QED) is 0.794. The molecule has 106 valence electrons. The van der Waals surface area contributed by atoms with Crippen LogP contribution < -0.4 is 15.2 Å². The summed E-state index contributed by atoms with van der Waals surface area (Å²) in [5.41, 5.74) is 7.11. The molecule has 1 unspecified atom stereocenters. The maximum absolute atomic E-state index is 5.96. The number of nitrogens with two attached hydrogens (primary N) is 1. The van der Waals surface area contributed by atoms with Gasteiger partial charge >= 0.3 is 0 Å². The smallest absolute Gasteiger partial charge is 0.161 e. The van der Waals surface area contributed by atoms with Crippen LogP contribution in [-0.4, -0.2) is 19.3 Å². The normalized spacial score (nSPS) is 12.0. The molecule has 0 saturated carbocycles. The van der Waals surface area contributed by atoms with E-state index in [1.54, 1.807) is 0 Å². The van der Waals surface area contributed by atoms with Crippen molar-refractivity contribution in [3.8, 4) is 11.5 Å². The van der Waals surface area contributed by atoms with E-state index in [1.807, 2.05) is 25.1 Å². The molecule has 1 aromatic rings. The van der Waals surface area contributed by atoms with Crippen LogP contribution in [0.3, 0.4) is 0 Å². The Labute approximate surface area is 120 Å². The minimum absolute atomic E-state index is 0.170. The van der Waals surface area contributed by atoms with Gasteiger partial charge in [-0.05, 0) is 37.5 Å². The molecule has 2 N–H and O–H groups in total. The molecule has 0 radical (unpaired) electrons. The van der Waals surface area contributed by atoms with Gasteiger partial charge in [-0.3, -0.25) is 0 Å². The molecular formula is C15H22ClNO2. The lowest BCUT2D eigenvalue weighted by Crippen LogP contribution is -2.21. The van der Waals surface area contributed by atoms with Gasteiger partial charge in [0.2, 0.25) is 0 Å². The Morgan fingerprint density at radius 3 is 2.63 bits per heavy atom. The van der Waals surface area contributed by atoms with Crippen LogP contribution in [0.15, 0.2) is 29.8 Å². The van der Waals surface area contributed by atoms with Crippen molar-refractivity contribution >= 4 is 11.6 Å². The maximum atomic E-state index is 5.96. The van der Waals surface area contributed by atoms with E-state index >= 15 is 0 Å². The van der Waals surface area contributed by atoms with E-state index in [0.717, 1.165) is 24.2 Å². The van der Waals surface area contributed by atoms with Crippen molar-refractivity contribution < 1.29 is 9.47 Å². The second-order valence-electron chi connectivity index (χ2n) is 4.39. The summed E-state index contributed by atoms with van der Waals surface area (Å²) in [6.07, 6.45) is 1.79. The van der Waals surface area contributed by atoms with E-state index in [9.17, 15) is 0 Å². The Morgan fingerprint density at radius 1 is 1.32 bits per heavy atom. The highest BCUT2D eigenvalue weighted by Gasteiger charge is 2.09. The largest absolute Gasteiger partial charge is 0.490 e. The molecule has 4 heteroatoms. The van der Waals surface area contributed by atoms with Gasteiger partial charge in [0.05, 0.1) is 6.61 Å². The molecule has 0 fully saturated rings. The monoisotopic (exact) mass is 283 g/mol. The molecule has 1 atom stereocenters. The predicted octanol–water partition coefficient (Wildman–Crippen LogP) is 3.50. The molecule has 0 aliphatic carbocycles. The van der Waals surface area contributed by atoms with Crippen LogP contribution in [-0.2, 0) is 6.42 Å². The van der Waals surface area contributed by atoms with Crippen molar-refractivity contribution in [2.24, 2.45) is 5.73 Å². The molecule has 0 heterocycles. The molecule has 1 rings (SSSR count). The third-order valence-corrected chi connectivity index (χ3v) is 2.82. The zero-order chi connectivity index (χ0) is 14.3. The van der Waals surface area contributed by atoms with E-state index in [-0.39, 0.29) is 12.6 Å². The highest BCUT2D eigenvalue weighted by atomic mass is 35.5. The van der Waals surface area contributed by atoms with Crippen molar-refractivity contribution in [3.05, 3.63) is 35.4 Å². The molecule has 0 bridgehead atoms. The second kappa shape index (κ2) is 8.08.